The second-order valence-electron chi connectivity index (χ2n) is 3.12. The highest BCUT2D eigenvalue weighted by Gasteiger charge is 2.11. The SMILES string of the molecule is CCCCc1cnc(C(=O)O)c(O)c1. The maximum Gasteiger partial charge on any atom is 0.358 e. The van der Waals surface area contributed by atoms with Crippen molar-refractivity contribution in [3.05, 3.63) is 23.5 Å². The summed E-state index contributed by atoms with van der Waals surface area (Å²) in [6, 6.07) is 1.46. The van der Waals surface area contributed by atoms with Crippen molar-refractivity contribution in [2.24, 2.45) is 0 Å². The largest absolute Gasteiger partial charge is 0.505 e. The molecular weight excluding hydrogens is 182 g/mol. The zero-order chi connectivity index (χ0) is 10.6. The number of carboxylic acids is 1. The van der Waals surface area contributed by atoms with E-state index in [9.17, 15) is 9.90 Å². The topological polar surface area (TPSA) is 70.4 Å². The van der Waals surface area contributed by atoms with E-state index in [4.69, 9.17) is 5.11 Å². The van der Waals surface area contributed by atoms with E-state index in [1.54, 1.807) is 0 Å². The first-order valence-electron chi connectivity index (χ1n) is 4.56. The summed E-state index contributed by atoms with van der Waals surface area (Å²) in [6.45, 7) is 2.07. The van der Waals surface area contributed by atoms with Gasteiger partial charge in [-0.25, -0.2) is 9.78 Å². The van der Waals surface area contributed by atoms with Crippen LogP contribution in [0.25, 0.3) is 0 Å². The molecule has 0 aliphatic rings. The van der Waals surface area contributed by atoms with Crippen LogP contribution in [0, 0.1) is 0 Å². The number of hydrogen-bond donors (Lipinski definition) is 2. The number of carboxylic acid groups (broad SMARTS) is 1. The average molecular weight is 195 g/mol. The standard InChI is InChI=1S/C10H13NO3/c1-2-3-4-7-5-8(12)9(10(13)14)11-6-7/h5-6,12H,2-4H2,1H3,(H,13,14). The highest BCUT2D eigenvalue weighted by molar-refractivity contribution is 5.88. The van der Waals surface area contributed by atoms with Gasteiger partial charge in [-0.1, -0.05) is 13.3 Å². The van der Waals surface area contributed by atoms with Gasteiger partial charge in [0, 0.05) is 6.20 Å². The highest BCUT2D eigenvalue weighted by atomic mass is 16.4. The summed E-state index contributed by atoms with van der Waals surface area (Å²) >= 11 is 0. The fourth-order valence-electron chi connectivity index (χ4n) is 1.18. The molecule has 0 fully saturated rings. The predicted octanol–water partition coefficient (Wildman–Crippen LogP) is 1.83. The smallest absolute Gasteiger partial charge is 0.358 e. The minimum Gasteiger partial charge on any atom is -0.505 e. The Bertz CT molecular complexity index is 336. The lowest BCUT2D eigenvalue weighted by Crippen LogP contribution is -2.01. The van der Waals surface area contributed by atoms with Crippen LogP contribution in [0.4, 0.5) is 0 Å². The van der Waals surface area contributed by atoms with E-state index in [1.165, 1.54) is 12.3 Å². The number of aromatic carboxylic acids is 1. The zero-order valence-corrected chi connectivity index (χ0v) is 8.03. The molecule has 1 aromatic rings. The van der Waals surface area contributed by atoms with E-state index < -0.39 is 5.97 Å². The lowest BCUT2D eigenvalue weighted by atomic mass is 10.1. The van der Waals surface area contributed by atoms with Gasteiger partial charge in [0.2, 0.25) is 0 Å². The number of unbranched alkanes of at least 4 members (excludes halogenated alkanes) is 1. The Hall–Kier alpha value is -1.58. The Morgan fingerprint density at radius 3 is 2.79 bits per heavy atom. The Labute approximate surface area is 82.2 Å². The van der Waals surface area contributed by atoms with Crippen LogP contribution in [0.5, 0.6) is 5.75 Å². The Balaban J connectivity index is 2.83. The van der Waals surface area contributed by atoms with Gasteiger partial charge < -0.3 is 10.2 Å². The van der Waals surface area contributed by atoms with Crippen molar-refractivity contribution in [2.45, 2.75) is 26.2 Å². The first kappa shape index (κ1) is 10.5. The van der Waals surface area contributed by atoms with Crippen molar-refractivity contribution in [3.63, 3.8) is 0 Å². The maximum atomic E-state index is 10.5. The fourth-order valence-corrected chi connectivity index (χ4v) is 1.18. The molecule has 0 bridgehead atoms. The van der Waals surface area contributed by atoms with Crippen LogP contribution in [-0.2, 0) is 6.42 Å². The molecule has 4 nitrogen and oxygen atoms in total. The molecule has 2 N–H and O–H groups in total. The van der Waals surface area contributed by atoms with Gasteiger partial charge in [0.05, 0.1) is 0 Å². The van der Waals surface area contributed by atoms with E-state index in [2.05, 4.69) is 11.9 Å². The van der Waals surface area contributed by atoms with Gasteiger partial charge in [0.25, 0.3) is 0 Å². The maximum absolute atomic E-state index is 10.5. The van der Waals surface area contributed by atoms with Gasteiger partial charge in [-0.05, 0) is 24.5 Å². The monoisotopic (exact) mass is 195 g/mol. The van der Waals surface area contributed by atoms with Crippen LogP contribution in [-0.4, -0.2) is 21.2 Å². The van der Waals surface area contributed by atoms with Crippen molar-refractivity contribution in [2.75, 3.05) is 0 Å². The molecule has 76 valence electrons. The molecule has 1 heterocycles. The molecule has 0 saturated heterocycles. The van der Waals surface area contributed by atoms with Crippen LogP contribution in [0.15, 0.2) is 12.3 Å². The second kappa shape index (κ2) is 4.60. The van der Waals surface area contributed by atoms with E-state index >= 15 is 0 Å². The summed E-state index contributed by atoms with van der Waals surface area (Å²) < 4.78 is 0. The number of aryl methyl sites for hydroxylation is 1. The van der Waals surface area contributed by atoms with E-state index in [0.29, 0.717) is 0 Å². The van der Waals surface area contributed by atoms with E-state index in [-0.39, 0.29) is 11.4 Å². The Morgan fingerprint density at radius 2 is 2.29 bits per heavy atom. The highest BCUT2D eigenvalue weighted by Crippen LogP contribution is 2.17. The van der Waals surface area contributed by atoms with Crippen molar-refractivity contribution < 1.29 is 15.0 Å². The lowest BCUT2D eigenvalue weighted by molar-refractivity contribution is 0.0687. The van der Waals surface area contributed by atoms with Crippen LogP contribution in [0.1, 0.15) is 35.8 Å². The Morgan fingerprint density at radius 1 is 1.57 bits per heavy atom. The number of aromatic nitrogens is 1. The van der Waals surface area contributed by atoms with Gasteiger partial charge in [-0.15, -0.1) is 0 Å². The first-order valence-corrected chi connectivity index (χ1v) is 4.56. The van der Waals surface area contributed by atoms with E-state index in [1.807, 2.05) is 0 Å². The fraction of sp³-hybridized carbons (Fsp3) is 0.400. The van der Waals surface area contributed by atoms with Crippen LogP contribution in [0.3, 0.4) is 0 Å². The minimum absolute atomic E-state index is 0.258. The van der Waals surface area contributed by atoms with E-state index in [0.717, 1.165) is 24.8 Å². The third kappa shape index (κ3) is 2.45. The van der Waals surface area contributed by atoms with Gasteiger partial charge in [-0.2, -0.15) is 0 Å². The van der Waals surface area contributed by atoms with Crippen molar-refractivity contribution in [3.8, 4) is 5.75 Å². The zero-order valence-electron chi connectivity index (χ0n) is 8.03. The lowest BCUT2D eigenvalue weighted by Gasteiger charge is -2.02. The molecule has 0 aromatic carbocycles. The Kier molecular flexibility index (Phi) is 3.45. The normalized spacial score (nSPS) is 10.1. The number of aromatic hydroxyl groups is 1. The molecule has 0 aliphatic heterocycles. The first-order chi connectivity index (χ1) is 6.65. The molecule has 4 heteroatoms. The molecule has 14 heavy (non-hydrogen) atoms. The van der Waals surface area contributed by atoms with Crippen LogP contribution in [0.2, 0.25) is 0 Å². The summed E-state index contributed by atoms with van der Waals surface area (Å²) in [5.41, 5.74) is 0.583. The van der Waals surface area contributed by atoms with Crippen LogP contribution >= 0.6 is 0 Å². The van der Waals surface area contributed by atoms with Gasteiger partial charge in [0.1, 0.15) is 5.75 Å². The number of carbonyl (C=O) groups is 1. The molecule has 0 aliphatic carbocycles. The quantitative estimate of drug-likeness (QED) is 0.768. The van der Waals surface area contributed by atoms with Crippen molar-refractivity contribution >= 4 is 5.97 Å². The molecule has 1 aromatic heterocycles. The molecule has 0 atom stereocenters. The van der Waals surface area contributed by atoms with Gasteiger partial charge in [-0.3, -0.25) is 0 Å². The minimum atomic E-state index is -1.20. The summed E-state index contributed by atoms with van der Waals surface area (Å²) in [4.78, 5) is 14.2. The third-order valence-corrected chi connectivity index (χ3v) is 1.95. The van der Waals surface area contributed by atoms with Crippen molar-refractivity contribution in [1.29, 1.82) is 0 Å². The summed E-state index contributed by atoms with van der Waals surface area (Å²) in [6.07, 6.45) is 4.38. The van der Waals surface area contributed by atoms with Gasteiger partial charge >= 0.3 is 5.97 Å². The number of hydrogen-bond acceptors (Lipinski definition) is 3. The second-order valence-corrected chi connectivity index (χ2v) is 3.12. The van der Waals surface area contributed by atoms with Gasteiger partial charge in [0.15, 0.2) is 5.69 Å². The number of pyridine rings is 1. The molecule has 0 radical (unpaired) electrons. The summed E-state index contributed by atoms with van der Waals surface area (Å²) in [7, 11) is 0. The summed E-state index contributed by atoms with van der Waals surface area (Å²) in [5, 5.41) is 17.9. The predicted molar refractivity (Wildman–Crippen MR) is 51.5 cm³/mol. The van der Waals surface area contributed by atoms with Crippen molar-refractivity contribution in [1.82, 2.24) is 4.98 Å². The number of rotatable bonds is 4. The molecule has 1 rings (SSSR count). The molecule has 0 unspecified atom stereocenters. The average Bonchev–Trinajstić information content (AvgIpc) is 2.14. The number of nitrogens with zero attached hydrogens (tertiary/aromatic N) is 1. The molecule has 0 amide bonds. The third-order valence-electron chi connectivity index (χ3n) is 1.95. The molecular formula is C10H13NO3. The molecule has 0 spiro atoms. The summed E-state index contributed by atoms with van der Waals surface area (Å²) in [5.74, 6) is -1.46. The molecule has 0 saturated carbocycles. The van der Waals surface area contributed by atoms with Crippen LogP contribution < -0.4 is 0 Å².